The van der Waals surface area contributed by atoms with E-state index in [9.17, 15) is 4.79 Å². The first-order valence-corrected chi connectivity index (χ1v) is 7.94. The average Bonchev–Trinajstić information content (AvgIpc) is 2.50. The van der Waals surface area contributed by atoms with Crippen LogP contribution in [-0.2, 0) is 0 Å². The van der Waals surface area contributed by atoms with Crippen molar-refractivity contribution in [2.24, 2.45) is 0 Å². The van der Waals surface area contributed by atoms with Crippen molar-refractivity contribution in [3.8, 4) is 5.75 Å². The van der Waals surface area contributed by atoms with Crippen LogP contribution in [-0.4, -0.2) is 5.97 Å². The summed E-state index contributed by atoms with van der Waals surface area (Å²) in [5.74, 6) is 0.000855. The fraction of sp³-hybridized carbons (Fsp3) is 0. The smallest absolute Gasteiger partial charge is 0.343 e. The van der Waals surface area contributed by atoms with Crippen LogP contribution in [0.5, 0.6) is 5.75 Å². The van der Waals surface area contributed by atoms with Crippen LogP contribution in [0.2, 0.25) is 10.0 Å². The summed E-state index contributed by atoms with van der Waals surface area (Å²) in [5, 5.41) is 2.76. The Bertz CT molecular complexity index is 878. The molecule has 0 radical (unpaired) electrons. The highest BCUT2D eigenvalue weighted by Gasteiger charge is 2.11. The van der Waals surface area contributed by atoms with E-state index in [4.69, 9.17) is 27.9 Å². The maximum absolute atomic E-state index is 12.1. The van der Waals surface area contributed by atoms with Gasteiger partial charge in [0.1, 0.15) is 5.75 Å². The lowest BCUT2D eigenvalue weighted by Gasteiger charge is -2.07. The van der Waals surface area contributed by atoms with Gasteiger partial charge in [-0.2, -0.15) is 0 Å². The van der Waals surface area contributed by atoms with E-state index in [1.165, 1.54) is 6.07 Å². The third-order valence-corrected chi connectivity index (χ3v) is 4.37. The molecule has 0 aromatic heterocycles. The highest BCUT2D eigenvalue weighted by atomic mass is 79.9. The Labute approximate surface area is 145 Å². The molecule has 0 saturated carbocycles. The second-order valence-corrected chi connectivity index (χ2v) is 6.40. The molecule has 0 atom stereocenters. The summed E-state index contributed by atoms with van der Waals surface area (Å²) < 4.78 is 6.38. The summed E-state index contributed by atoms with van der Waals surface area (Å²) in [7, 11) is 0. The van der Waals surface area contributed by atoms with Crippen molar-refractivity contribution in [3.63, 3.8) is 0 Å². The molecule has 0 N–H and O–H groups in total. The lowest BCUT2D eigenvalue weighted by atomic mass is 10.1. The SMILES string of the molecule is O=C(Oc1ccc2cc(Br)ccc2c1)c1ccc(Cl)c(Cl)c1. The molecule has 3 rings (SSSR count). The van der Waals surface area contributed by atoms with Gasteiger partial charge < -0.3 is 4.74 Å². The zero-order valence-corrected chi connectivity index (χ0v) is 14.2. The molecule has 5 heteroatoms. The third-order valence-electron chi connectivity index (χ3n) is 3.14. The molecular weight excluding hydrogens is 387 g/mol. The number of esters is 1. The van der Waals surface area contributed by atoms with Crippen LogP contribution in [0.1, 0.15) is 10.4 Å². The number of halogens is 3. The second-order valence-electron chi connectivity index (χ2n) is 4.67. The highest BCUT2D eigenvalue weighted by Crippen LogP contribution is 2.26. The minimum atomic E-state index is -0.477. The monoisotopic (exact) mass is 394 g/mol. The van der Waals surface area contributed by atoms with Crippen LogP contribution in [0.25, 0.3) is 10.8 Å². The molecule has 0 spiro atoms. The van der Waals surface area contributed by atoms with Crippen molar-refractivity contribution >= 4 is 55.9 Å². The van der Waals surface area contributed by atoms with Gasteiger partial charge in [0.05, 0.1) is 15.6 Å². The number of fused-ring (bicyclic) bond motifs is 1. The zero-order chi connectivity index (χ0) is 15.7. The Balaban J connectivity index is 1.87. The molecule has 22 heavy (non-hydrogen) atoms. The van der Waals surface area contributed by atoms with Crippen molar-refractivity contribution in [2.75, 3.05) is 0 Å². The predicted molar refractivity (Wildman–Crippen MR) is 93.1 cm³/mol. The predicted octanol–water partition coefficient (Wildman–Crippen LogP) is 6.13. The second kappa shape index (κ2) is 6.29. The fourth-order valence-corrected chi connectivity index (χ4v) is 2.72. The van der Waals surface area contributed by atoms with Crippen LogP contribution >= 0.6 is 39.1 Å². The third kappa shape index (κ3) is 3.27. The van der Waals surface area contributed by atoms with E-state index < -0.39 is 5.97 Å². The van der Waals surface area contributed by atoms with Gasteiger partial charge in [0.15, 0.2) is 0 Å². The van der Waals surface area contributed by atoms with Crippen LogP contribution in [0.4, 0.5) is 0 Å². The van der Waals surface area contributed by atoms with Crippen molar-refractivity contribution in [1.29, 1.82) is 0 Å². The number of carbonyl (C=O) groups is 1. The van der Waals surface area contributed by atoms with Gasteiger partial charge in [-0.15, -0.1) is 0 Å². The van der Waals surface area contributed by atoms with E-state index in [0.717, 1.165) is 15.2 Å². The average molecular weight is 396 g/mol. The van der Waals surface area contributed by atoms with E-state index in [2.05, 4.69) is 15.9 Å². The summed E-state index contributed by atoms with van der Waals surface area (Å²) >= 11 is 15.2. The van der Waals surface area contributed by atoms with Crippen LogP contribution < -0.4 is 4.74 Å². The van der Waals surface area contributed by atoms with Gasteiger partial charge in [-0.1, -0.05) is 51.3 Å². The molecule has 0 aliphatic rings. The van der Waals surface area contributed by atoms with E-state index in [0.29, 0.717) is 21.4 Å². The number of ether oxygens (including phenoxy) is 1. The van der Waals surface area contributed by atoms with Crippen molar-refractivity contribution < 1.29 is 9.53 Å². The van der Waals surface area contributed by atoms with E-state index in [-0.39, 0.29) is 0 Å². The van der Waals surface area contributed by atoms with Crippen molar-refractivity contribution in [3.05, 3.63) is 74.7 Å². The lowest BCUT2D eigenvalue weighted by Crippen LogP contribution is -2.08. The van der Waals surface area contributed by atoms with Gasteiger partial charge in [-0.05, 0) is 53.2 Å². The summed E-state index contributed by atoms with van der Waals surface area (Å²) in [6, 6.07) is 16.0. The maximum atomic E-state index is 12.1. The summed E-state index contributed by atoms with van der Waals surface area (Å²) in [4.78, 5) is 12.1. The number of carbonyl (C=O) groups excluding carboxylic acids is 1. The van der Waals surface area contributed by atoms with E-state index >= 15 is 0 Å². The Hall–Kier alpha value is -1.55. The summed E-state index contributed by atoms with van der Waals surface area (Å²) in [6.07, 6.45) is 0. The van der Waals surface area contributed by atoms with Crippen LogP contribution in [0.15, 0.2) is 59.1 Å². The Kier molecular flexibility index (Phi) is 4.39. The van der Waals surface area contributed by atoms with Gasteiger partial charge in [0.25, 0.3) is 0 Å². The van der Waals surface area contributed by atoms with E-state index in [1.54, 1.807) is 18.2 Å². The van der Waals surface area contributed by atoms with Crippen LogP contribution in [0, 0.1) is 0 Å². The molecule has 110 valence electrons. The summed E-state index contributed by atoms with van der Waals surface area (Å²) in [6.45, 7) is 0. The number of hydrogen-bond acceptors (Lipinski definition) is 2. The Morgan fingerprint density at radius 1 is 0.864 bits per heavy atom. The molecule has 0 bridgehead atoms. The zero-order valence-electron chi connectivity index (χ0n) is 11.1. The Morgan fingerprint density at radius 2 is 1.59 bits per heavy atom. The van der Waals surface area contributed by atoms with Crippen molar-refractivity contribution in [1.82, 2.24) is 0 Å². The number of benzene rings is 3. The first-order valence-electron chi connectivity index (χ1n) is 6.39. The van der Waals surface area contributed by atoms with Gasteiger partial charge in [-0.25, -0.2) is 4.79 Å². The molecule has 0 aliphatic carbocycles. The molecule has 2 nitrogen and oxygen atoms in total. The standard InChI is InChI=1S/C17H9BrCl2O2/c18-13-4-1-11-8-14(5-2-10(11)7-13)22-17(21)12-3-6-15(19)16(20)9-12/h1-9H. The Morgan fingerprint density at radius 3 is 2.36 bits per heavy atom. The minimum Gasteiger partial charge on any atom is -0.423 e. The number of hydrogen-bond donors (Lipinski definition) is 0. The molecule has 0 aliphatic heterocycles. The van der Waals surface area contributed by atoms with Gasteiger partial charge in [-0.3, -0.25) is 0 Å². The fourth-order valence-electron chi connectivity index (χ4n) is 2.05. The highest BCUT2D eigenvalue weighted by molar-refractivity contribution is 9.10. The maximum Gasteiger partial charge on any atom is 0.343 e. The lowest BCUT2D eigenvalue weighted by molar-refractivity contribution is 0.0735. The molecule has 0 amide bonds. The molecular formula is C17H9BrCl2O2. The van der Waals surface area contributed by atoms with Crippen LogP contribution in [0.3, 0.4) is 0 Å². The van der Waals surface area contributed by atoms with E-state index in [1.807, 2.05) is 30.3 Å². The molecule has 0 fully saturated rings. The molecule has 0 saturated heterocycles. The summed E-state index contributed by atoms with van der Waals surface area (Å²) in [5.41, 5.74) is 0.352. The van der Waals surface area contributed by atoms with Gasteiger partial charge >= 0.3 is 5.97 Å². The minimum absolute atomic E-state index is 0.319. The largest absolute Gasteiger partial charge is 0.423 e. The topological polar surface area (TPSA) is 26.3 Å². The van der Waals surface area contributed by atoms with Gasteiger partial charge in [0.2, 0.25) is 0 Å². The first-order chi connectivity index (χ1) is 10.5. The molecule has 0 unspecified atom stereocenters. The van der Waals surface area contributed by atoms with Gasteiger partial charge in [0, 0.05) is 4.47 Å². The number of rotatable bonds is 2. The molecule has 3 aromatic carbocycles. The first kappa shape index (κ1) is 15.3. The normalized spacial score (nSPS) is 10.7. The molecule has 3 aromatic rings. The molecule has 0 heterocycles. The van der Waals surface area contributed by atoms with Crippen molar-refractivity contribution in [2.45, 2.75) is 0 Å². The quantitative estimate of drug-likeness (QED) is 0.385.